The lowest BCUT2D eigenvalue weighted by atomic mass is 9.92. The molecule has 0 aliphatic carbocycles. The maximum Gasteiger partial charge on any atom is 0.202 e. The standard InChI is InChI=1S/C15H12O7/c16-7-4-10(19)12-11(5-7)22-15(14(21)13(12)20)6-1-2-8(17)9(18)3-6/h1-5,14-19,21H/t14-,15+/m1/s1. The maximum absolute atomic E-state index is 12.2. The summed E-state index contributed by atoms with van der Waals surface area (Å²) in [4.78, 5) is 12.2. The molecule has 1 aliphatic heterocycles. The minimum Gasteiger partial charge on any atom is -0.508 e. The molecule has 2 atom stereocenters. The Balaban J connectivity index is 2.08. The van der Waals surface area contributed by atoms with Crippen LogP contribution in [0.15, 0.2) is 30.3 Å². The number of aliphatic hydroxyl groups is 1. The van der Waals surface area contributed by atoms with Crippen LogP contribution in [0.5, 0.6) is 28.7 Å². The van der Waals surface area contributed by atoms with Gasteiger partial charge in [-0.3, -0.25) is 4.79 Å². The Kier molecular flexibility index (Phi) is 3.07. The molecule has 0 bridgehead atoms. The van der Waals surface area contributed by atoms with Crippen LogP contribution in [0.4, 0.5) is 0 Å². The van der Waals surface area contributed by atoms with E-state index < -0.39 is 29.5 Å². The van der Waals surface area contributed by atoms with Crippen molar-refractivity contribution >= 4 is 5.78 Å². The third kappa shape index (κ3) is 2.08. The van der Waals surface area contributed by atoms with E-state index in [2.05, 4.69) is 0 Å². The van der Waals surface area contributed by atoms with Crippen LogP contribution in [-0.4, -0.2) is 37.4 Å². The Hall–Kier alpha value is -2.93. The number of ketones is 1. The molecule has 1 aliphatic rings. The molecule has 1 heterocycles. The molecule has 0 spiro atoms. The van der Waals surface area contributed by atoms with Gasteiger partial charge in [0.05, 0.1) is 0 Å². The molecule has 22 heavy (non-hydrogen) atoms. The van der Waals surface area contributed by atoms with Crippen LogP contribution in [0.3, 0.4) is 0 Å². The predicted octanol–water partition coefficient (Wildman–Crippen LogP) is 1.19. The van der Waals surface area contributed by atoms with Gasteiger partial charge >= 0.3 is 0 Å². The lowest BCUT2D eigenvalue weighted by Crippen LogP contribution is -2.36. The van der Waals surface area contributed by atoms with Gasteiger partial charge < -0.3 is 30.3 Å². The second-order valence-electron chi connectivity index (χ2n) is 4.93. The molecule has 3 rings (SSSR count). The van der Waals surface area contributed by atoms with E-state index in [1.807, 2.05) is 0 Å². The van der Waals surface area contributed by atoms with E-state index in [1.54, 1.807) is 0 Å². The van der Waals surface area contributed by atoms with Crippen molar-refractivity contribution in [2.45, 2.75) is 12.2 Å². The minimum absolute atomic E-state index is 0.0784. The third-order valence-corrected chi connectivity index (χ3v) is 3.45. The highest BCUT2D eigenvalue weighted by molar-refractivity contribution is 6.05. The van der Waals surface area contributed by atoms with Crippen molar-refractivity contribution in [2.24, 2.45) is 0 Å². The predicted molar refractivity (Wildman–Crippen MR) is 73.2 cm³/mol. The average molecular weight is 304 g/mol. The van der Waals surface area contributed by atoms with E-state index >= 15 is 0 Å². The van der Waals surface area contributed by atoms with Crippen molar-refractivity contribution < 1.29 is 35.1 Å². The fraction of sp³-hybridized carbons (Fsp3) is 0.133. The molecule has 0 saturated heterocycles. The van der Waals surface area contributed by atoms with Crippen LogP contribution < -0.4 is 4.74 Å². The first kappa shape index (κ1) is 14.0. The zero-order valence-corrected chi connectivity index (χ0v) is 11.1. The Labute approximate surface area is 124 Å². The Morgan fingerprint density at radius 1 is 0.909 bits per heavy atom. The number of phenolic OH excluding ortho intramolecular Hbond substituents is 4. The number of carbonyl (C=O) groups is 1. The number of aromatic hydroxyl groups is 4. The molecule has 5 N–H and O–H groups in total. The normalized spacial score (nSPS) is 20.3. The fourth-order valence-electron chi connectivity index (χ4n) is 2.38. The van der Waals surface area contributed by atoms with Gasteiger partial charge in [-0.1, -0.05) is 6.07 Å². The largest absolute Gasteiger partial charge is 0.508 e. The van der Waals surface area contributed by atoms with Crippen molar-refractivity contribution in [1.82, 2.24) is 0 Å². The molecule has 0 saturated carbocycles. The Morgan fingerprint density at radius 2 is 1.64 bits per heavy atom. The third-order valence-electron chi connectivity index (χ3n) is 3.45. The molecular formula is C15H12O7. The first-order valence-electron chi connectivity index (χ1n) is 6.35. The van der Waals surface area contributed by atoms with Crippen LogP contribution in [0, 0.1) is 0 Å². The van der Waals surface area contributed by atoms with Gasteiger partial charge in [-0.25, -0.2) is 0 Å². The number of phenols is 4. The highest BCUT2D eigenvalue weighted by Crippen LogP contribution is 2.42. The van der Waals surface area contributed by atoms with Gasteiger partial charge in [-0.05, 0) is 17.7 Å². The summed E-state index contributed by atoms with van der Waals surface area (Å²) in [6, 6.07) is 5.85. The van der Waals surface area contributed by atoms with Gasteiger partial charge in [0.25, 0.3) is 0 Å². The van der Waals surface area contributed by atoms with E-state index in [0.29, 0.717) is 0 Å². The molecule has 2 aromatic rings. The van der Waals surface area contributed by atoms with Crippen LogP contribution in [0.25, 0.3) is 0 Å². The number of Topliss-reactive ketones (excluding diaryl/α,β-unsaturated/α-hetero) is 1. The lowest BCUT2D eigenvalue weighted by Gasteiger charge is -2.30. The summed E-state index contributed by atoms with van der Waals surface area (Å²) in [5, 5.41) is 48.1. The Bertz CT molecular complexity index is 769. The zero-order chi connectivity index (χ0) is 16.0. The summed E-state index contributed by atoms with van der Waals surface area (Å²) >= 11 is 0. The summed E-state index contributed by atoms with van der Waals surface area (Å²) in [5.41, 5.74) is 0.0363. The molecular weight excluding hydrogens is 292 g/mol. The fourth-order valence-corrected chi connectivity index (χ4v) is 2.38. The highest BCUT2D eigenvalue weighted by Gasteiger charge is 2.39. The summed E-state index contributed by atoms with van der Waals surface area (Å²) in [5.74, 6) is -2.41. The van der Waals surface area contributed by atoms with Crippen molar-refractivity contribution in [3.8, 4) is 28.7 Å². The number of carbonyl (C=O) groups excluding carboxylic acids is 1. The van der Waals surface area contributed by atoms with Gasteiger partial charge in [0.1, 0.15) is 22.8 Å². The van der Waals surface area contributed by atoms with Gasteiger partial charge in [0, 0.05) is 12.1 Å². The first-order chi connectivity index (χ1) is 10.4. The van der Waals surface area contributed by atoms with E-state index in [1.165, 1.54) is 12.1 Å². The van der Waals surface area contributed by atoms with Gasteiger partial charge in [0.15, 0.2) is 23.7 Å². The zero-order valence-electron chi connectivity index (χ0n) is 11.1. The number of ether oxygens (including phenoxy) is 1. The molecule has 7 nitrogen and oxygen atoms in total. The van der Waals surface area contributed by atoms with Gasteiger partial charge in [-0.2, -0.15) is 0 Å². The summed E-state index contributed by atoms with van der Waals surface area (Å²) in [7, 11) is 0. The van der Waals surface area contributed by atoms with Crippen LogP contribution >= 0.6 is 0 Å². The number of benzene rings is 2. The lowest BCUT2D eigenvalue weighted by molar-refractivity contribution is 0.0210. The molecule has 0 aromatic heterocycles. The summed E-state index contributed by atoms with van der Waals surface area (Å²) < 4.78 is 5.47. The van der Waals surface area contributed by atoms with Crippen molar-refractivity contribution in [2.75, 3.05) is 0 Å². The summed E-state index contributed by atoms with van der Waals surface area (Å²) in [6.07, 6.45) is -2.75. The topological polar surface area (TPSA) is 127 Å². The molecule has 7 heteroatoms. The maximum atomic E-state index is 12.2. The van der Waals surface area contributed by atoms with E-state index in [4.69, 9.17) is 4.74 Å². The molecule has 0 unspecified atom stereocenters. The average Bonchev–Trinajstić information content (AvgIpc) is 2.45. The number of hydrogen-bond donors (Lipinski definition) is 5. The molecule has 0 fully saturated rings. The van der Waals surface area contributed by atoms with Crippen LogP contribution in [0.1, 0.15) is 22.0 Å². The number of aliphatic hydroxyl groups excluding tert-OH is 1. The second kappa shape index (κ2) is 4.81. The van der Waals surface area contributed by atoms with Crippen LogP contribution in [-0.2, 0) is 0 Å². The molecule has 114 valence electrons. The van der Waals surface area contributed by atoms with E-state index in [0.717, 1.165) is 18.2 Å². The molecule has 0 radical (unpaired) electrons. The van der Waals surface area contributed by atoms with Crippen molar-refractivity contribution in [3.63, 3.8) is 0 Å². The smallest absolute Gasteiger partial charge is 0.202 e. The van der Waals surface area contributed by atoms with E-state index in [-0.39, 0.29) is 28.4 Å². The Morgan fingerprint density at radius 3 is 2.32 bits per heavy atom. The van der Waals surface area contributed by atoms with E-state index in [9.17, 15) is 30.3 Å². The summed E-state index contributed by atoms with van der Waals surface area (Å²) in [6.45, 7) is 0. The van der Waals surface area contributed by atoms with Crippen molar-refractivity contribution in [1.29, 1.82) is 0 Å². The highest BCUT2D eigenvalue weighted by atomic mass is 16.5. The minimum atomic E-state index is -1.60. The van der Waals surface area contributed by atoms with Gasteiger partial charge in [-0.15, -0.1) is 0 Å². The number of hydrogen-bond acceptors (Lipinski definition) is 7. The first-order valence-corrected chi connectivity index (χ1v) is 6.35. The molecule has 0 amide bonds. The van der Waals surface area contributed by atoms with Gasteiger partial charge in [0.2, 0.25) is 5.78 Å². The second-order valence-corrected chi connectivity index (χ2v) is 4.93. The number of fused-ring (bicyclic) bond motifs is 1. The molecule has 2 aromatic carbocycles. The monoisotopic (exact) mass is 304 g/mol. The van der Waals surface area contributed by atoms with Crippen molar-refractivity contribution in [3.05, 3.63) is 41.5 Å². The quantitative estimate of drug-likeness (QED) is 0.501. The SMILES string of the molecule is O=C1c2c(O)cc(O)cc2O[C@@H](c2ccc(O)c(O)c2)[C@@H]1O. The number of rotatable bonds is 1. The van der Waals surface area contributed by atoms with Crippen LogP contribution in [0.2, 0.25) is 0 Å².